The molecule has 0 aliphatic rings. The molecule has 2 atom stereocenters. The molecule has 8 rings (SSSR count). The second-order valence-electron chi connectivity index (χ2n) is 15.5. The predicted molar refractivity (Wildman–Crippen MR) is 251 cm³/mol. The van der Waals surface area contributed by atoms with Gasteiger partial charge < -0.3 is 24.8 Å². The first-order valence-electron chi connectivity index (χ1n) is 20.6. The van der Waals surface area contributed by atoms with Crippen LogP contribution in [0.3, 0.4) is 0 Å². The van der Waals surface area contributed by atoms with Crippen molar-refractivity contribution in [2.45, 2.75) is 42.3 Å². The second kappa shape index (κ2) is 18.2. The van der Waals surface area contributed by atoms with Gasteiger partial charge in [-0.3, -0.25) is 19.2 Å². The van der Waals surface area contributed by atoms with E-state index in [0.717, 1.165) is 0 Å². The summed E-state index contributed by atoms with van der Waals surface area (Å²) < 4.78 is 79.3. The van der Waals surface area contributed by atoms with Crippen molar-refractivity contribution in [3.05, 3.63) is 177 Å². The van der Waals surface area contributed by atoms with Gasteiger partial charge in [-0.25, -0.2) is 9.36 Å². The molecule has 67 heavy (non-hydrogen) atoms. The number of methoxy groups -OCH3 is 3. The van der Waals surface area contributed by atoms with Crippen LogP contribution < -0.4 is 36.0 Å². The van der Waals surface area contributed by atoms with Crippen molar-refractivity contribution >= 4 is 59.4 Å². The van der Waals surface area contributed by atoms with Crippen LogP contribution in [0.15, 0.2) is 159 Å². The molecule has 0 saturated heterocycles. The average molecular weight is 945 g/mol. The van der Waals surface area contributed by atoms with Crippen LogP contribution in [0.2, 0.25) is 0 Å². The third-order valence-electron chi connectivity index (χ3n) is 11.2. The van der Waals surface area contributed by atoms with Crippen molar-refractivity contribution in [2.75, 3.05) is 26.6 Å². The van der Waals surface area contributed by atoms with Gasteiger partial charge in [-0.2, -0.15) is 25.0 Å². The Bertz CT molecular complexity index is 3530. The summed E-state index contributed by atoms with van der Waals surface area (Å²) in [6.45, 7) is 3.28. The first-order valence-corrected chi connectivity index (χ1v) is 23.5. The number of nitrogens with zero attached hydrogens (tertiary/aromatic N) is 4. The number of anilines is 1. The maximum absolute atomic E-state index is 15.6. The molecule has 19 heteroatoms. The topological polar surface area (TPSA) is 208 Å². The molecular weight excluding hydrogens is 901 g/mol. The van der Waals surface area contributed by atoms with Gasteiger partial charge in [-0.15, -0.1) is 0 Å². The number of ether oxygens (including phenoxy) is 3. The second-order valence-corrected chi connectivity index (χ2v) is 19.0. The van der Waals surface area contributed by atoms with Crippen LogP contribution in [-0.2, 0) is 36.2 Å². The van der Waals surface area contributed by atoms with E-state index >= 15 is 36.0 Å². The van der Waals surface area contributed by atoms with Crippen molar-refractivity contribution in [1.82, 2.24) is 22.9 Å². The molecular formula is C48H44N6O11S2. The van der Waals surface area contributed by atoms with E-state index in [9.17, 15) is 0 Å². The Balaban J connectivity index is 1.52. The lowest BCUT2D eigenvalue weighted by atomic mass is 10.1. The van der Waals surface area contributed by atoms with E-state index in [1.54, 1.807) is 68.4 Å². The minimum absolute atomic E-state index is 0.0999. The summed E-state index contributed by atoms with van der Waals surface area (Å²) in [4.78, 5) is 61.0. The van der Waals surface area contributed by atoms with Gasteiger partial charge in [-0.05, 0) is 104 Å². The van der Waals surface area contributed by atoms with Gasteiger partial charge in [0, 0.05) is 12.2 Å². The van der Waals surface area contributed by atoms with Crippen LogP contribution >= 0.6 is 0 Å². The summed E-state index contributed by atoms with van der Waals surface area (Å²) >= 11 is 0. The van der Waals surface area contributed by atoms with Crippen LogP contribution in [0.4, 0.5) is 5.69 Å². The maximum Gasteiger partial charge on any atom is 0.282 e. The smallest absolute Gasteiger partial charge is 0.282 e. The minimum Gasteiger partial charge on any atom is -0.497 e. The van der Waals surface area contributed by atoms with E-state index in [2.05, 4.69) is 10.6 Å². The van der Waals surface area contributed by atoms with E-state index in [1.807, 2.05) is 0 Å². The molecule has 0 fully saturated rings. The lowest BCUT2D eigenvalue weighted by Gasteiger charge is -2.30. The Labute approximate surface area is 384 Å². The predicted octanol–water partition coefficient (Wildman–Crippen LogP) is 5.77. The molecule has 0 aliphatic heterocycles. The third kappa shape index (κ3) is 8.45. The van der Waals surface area contributed by atoms with E-state index in [4.69, 9.17) is 14.2 Å². The standard InChI is InChI=1S/C48H44N6O11S2/c1-30-11-21-37(22-12-30)66(59,60)53-41-25-19-35(64-4)27-39(41)47(57)51(53)43(45(55)49-29-32-9-7-6-8-10-32)44(46(56)50-33-15-17-34(63-3)18-16-33)52-48(58)40-28-36(65-5)20-26-42(40)54(52)67(61,62)38-23-13-31(2)14-24-38/h6-28,43-44H,29H2,1-5H3,(H,49,55)(H,50,56). The van der Waals surface area contributed by atoms with Gasteiger partial charge in [0.15, 0.2) is 12.1 Å². The number of amides is 2. The molecule has 0 spiro atoms. The Morgan fingerprint density at radius 3 is 1.39 bits per heavy atom. The first-order chi connectivity index (χ1) is 32.1. The van der Waals surface area contributed by atoms with E-state index in [0.29, 0.717) is 40.0 Å². The van der Waals surface area contributed by atoms with Crippen LogP contribution in [0, 0.1) is 13.8 Å². The molecule has 344 valence electrons. The molecule has 0 radical (unpaired) electrons. The highest BCUT2D eigenvalue weighted by atomic mass is 32.2. The van der Waals surface area contributed by atoms with Gasteiger partial charge in [0.05, 0.1) is 52.9 Å². The number of aromatic nitrogens is 4. The van der Waals surface area contributed by atoms with Crippen LogP contribution in [0.1, 0.15) is 28.8 Å². The summed E-state index contributed by atoms with van der Waals surface area (Å²) in [6, 6.07) is 29.2. The molecule has 2 amide bonds. The maximum atomic E-state index is 15.6. The van der Waals surface area contributed by atoms with Gasteiger partial charge in [0.2, 0.25) is 5.91 Å². The van der Waals surface area contributed by atoms with Crippen LogP contribution in [0.25, 0.3) is 21.8 Å². The number of aryl methyl sites for hydroxylation is 2. The fourth-order valence-corrected chi connectivity index (χ4v) is 10.8. The van der Waals surface area contributed by atoms with Crippen molar-refractivity contribution in [3.8, 4) is 17.2 Å². The summed E-state index contributed by atoms with van der Waals surface area (Å²) in [5.41, 5.74) is -0.589. The highest BCUT2D eigenvalue weighted by Crippen LogP contribution is 2.34. The Morgan fingerprint density at radius 2 is 0.955 bits per heavy atom. The molecule has 2 N–H and O–H groups in total. The third-order valence-corrected chi connectivity index (χ3v) is 14.6. The first kappa shape index (κ1) is 45.7. The van der Waals surface area contributed by atoms with Gasteiger partial charge >= 0.3 is 0 Å². The number of fused-ring (bicyclic) bond motifs is 2. The van der Waals surface area contributed by atoms with Crippen LogP contribution in [0.5, 0.6) is 17.2 Å². The monoisotopic (exact) mass is 944 g/mol. The van der Waals surface area contributed by atoms with E-state index in [-0.39, 0.29) is 55.3 Å². The molecule has 2 aromatic heterocycles. The Kier molecular flexibility index (Phi) is 12.4. The zero-order chi connectivity index (χ0) is 47.8. The van der Waals surface area contributed by atoms with Crippen LogP contribution in [-0.4, -0.2) is 67.5 Å². The molecule has 2 heterocycles. The molecule has 8 aromatic rings. The number of benzene rings is 6. The fraction of sp³-hybridized carbons (Fsp3) is 0.167. The molecule has 0 saturated carbocycles. The number of nitrogens with one attached hydrogen (secondary N) is 2. The van der Waals surface area contributed by atoms with E-state index < -0.39 is 55.1 Å². The summed E-state index contributed by atoms with van der Waals surface area (Å²) in [6.07, 6.45) is 0. The molecule has 2 unspecified atom stereocenters. The number of rotatable bonds is 15. The summed E-state index contributed by atoms with van der Waals surface area (Å²) in [5, 5.41) is 4.93. The number of carbonyl (C=O) groups excluding carboxylic acids is 2. The number of hydrogen-bond donors (Lipinski definition) is 2. The van der Waals surface area contributed by atoms with Crippen molar-refractivity contribution in [1.29, 1.82) is 0 Å². The van der Waals surface area contributed by atoms with Gasteiger partial charge in [0.1, 0.15) is 17.2 Å². The largest absolute Gasteiger partial charge is 0.497 e. The molecule has 6 aromatic carbocycles. The Hall–Kier alpha value is -7.90. The number of hydrogen-bond acceptors (Lipinski definition) is 11. The average Bonchev–Trinajstić information content (AvgIpc) is 3.79. The molecule has 17 nitrogen and oxygen atoms in total. The lowest BCUT2D eigenvalue weighted by Crippen LogP contribution is -2.50. The SMILES string of the molecule is COc1ccc(NC(=O)C(C(C(=O)NCc2ccccc2)n2c(=O)c3cc(OC)ccc3n2S(=O)(=O)c2ccc(C)cc2)n2c(=O)c3cc(OC)ccc3n2S(=O)(=O)c2ccc(C)cc2)cc1. The fourth-order valence-electron chi connectivity index (χ4n) is 7.75. The highest BCUT2D eigenvalue weighted by Gasteiger charge is 2.45. The number of carbonyl (C=O) groups is 2. The van der Waals surface area contributed by atoms with Crippen molar-refractivity contribution in [3.63, 3.8) is 0 Å². The van der Waals surface area contributed by atoms with E-state index in [1.165, 1.54) is 106 Å². The Morgan fingerprint density at radius 1 is 0.537 bits per heavy atom. The quantitative estimate of drug-likeness (QED) is 0.126. The minimum atomic E-state index is -4.92. The zero-order valence-corrected chi connectivity index (χ0v) is 38.4. The van der Waals surface area contributed by atoms with Crippen molar-refractivity contribution in [2.24, 2.45) is 0 Å². The van der Waals surface area contributed by atoms with Gasteiger partial charge in [-0.1, -0.05) is 65.7 Å². The molecule has 0 bridgehead atoms. The summed E-state index contributed by atoms with van der Waals surface area (Å²) in [5.74, 6) is -1.64. The molecule has 0 aliphatic carbocycles. The zero-order valence-electron chi connectivity index (χ0n) is 36.7. The normalized spacial score (nSPS) is 12.7. The highest BCUT2D eigenvalue weighted by molar-refractivity contribution is 7.90. The van der Waals surface area contributed by atoms with Gasteiger partial charge in [0.25, 0.3) is 37.1 Å². The lowest BCUT2D eigenvalue weighted by molar-refractivity contribution is -0.132. The summed E-state index contributed by atoms with van der Waals surface area (Å²) in [7, 11) is -5.71. The van der Waals surface area contributed by atoms with Crippen molar-refractivity contribution < 1.29 is 40.6 Å².